The number of cyclic esters (lactones) is 1. The standard InChI is InChI=1S/C19H16O4/c1-22-15-9-7-13(8-10-15)17-16(11-12-23-19(17)21)18(20)14-5-3-2-4-6-14/h2-10H,11-12H2,1H3. The largest absolute Gasteiger partial charge is 0.497 e. The highest BCUT2D eigenvalue weighted by atomic mass is 16.5. The van der Waals surface area contributed by atoms with Gasteiger partial charge in [-0.25, -0.2) is 4.79 Å². The quantitative estimate of drug-likeness (QED) is 0.642. The van der Waals surface area contributed by atoms with Crippen LogP contribution in [0.15, 0.2) is 60.2 Å². The minimum absolute atomic E-state index is 0.131. The maximum atomic E-state index is 12.8. The van der Waals surface area contributed by atoms with Gasteiger partial charge in [0.25, 0.3) is 0 Å². The fraction of sp³-hybridized carbons (Fsp3) is 0.158. The summed E-state index contributed by atoms with van der Waals surface area (Å²) in [4.78, 5) is 25.0. The summed E-state index contributed by atoms with van der Waals surface area (Å²) in [6.45, 7) is 0.229. The molecule has 4 heteroatoms. The van der Waals surface area contributed by atoms with E-state index in [4.69, 9.17) is 9.47 Å². The normalized spacial score (nSPS) is 14.4. The number of ether oxygens (including phenoxy) is 2. The van der Waals surface area contributed by atoms with Crippen molar-refractivity contribution < 1.29 is 19.1 Å². The zero-order valence-corrected chi connectivity index (χ0v) is 12.7. The summed E-state index contributed by atoms with van der Waals surface area (Å²) < 4.78 is 10.3. The average molecular weight is 308 g/mol. The number of rotatable bonds is 4. The predicted octanol–water partition coefficient (Wildman–Crippen LogP) is 3.28. The van der Waals surface area contributed by atoms with Crippen molar-refractivity contribution >= 4 is 17.3 Å². The van der Waals surface area contributed by atoms with Gasteiger partial charge in [-0.2, -0.15) is 0 Å². The number of hydrogen-bond acceptors (Lipinski definition) is 4. The van der Waals surface area contributed by atoms with Gasteiger partial charge >= 0.3 is 5.97 Å². The Balaban J connectivity index is 2.08. The molecular weight excluding hydrogens is 292 g/mol. The molecule has 23 heavy (non-hydrogen) atoms. The molecule has 116 valence electrons. The molecule has 0 amide bonds. The first-order chi connectivity index (χ1) is 11.2. The van der Waals surface area contributed by atoms with Crippen molar-refractivity contribution in [2.75, 3.05) is 13.7 Å². The van der Waals surface area contributed by atoms with Gasteiger partial charge in [-0.3, -0.25) is 4.79 Å². The highest BCUT2D eigenvalue weighted by Crippen LogP contribution is 2.30. The highest BCUT2D eigenvalue weighted by Gasteiger charge is 2.28. The van der Waals surface area contributed by atoms with Gasteiger partial charge < -0.3 is 9.47 Å². The molecule has 0 fully saturated rings. The SMILES string of the molecule is COc1ccc(C2=C(C(=O)c3ccccc3)CCOC2=O)cc1. The van der Waals surface area contributed by atoms with Gasteiger partial charge in [0, 0.05) is 17.6 Å². The third-order valence-electron chi connectivity index (χ3n) is 3.78. The molecule has 0 aromatic heterocycles. The molecule has 4 nitrogen and oxygen atoms in total. The van der Waals surface area contributed by atoms with Gasteiger partial charge in [-0.15, -0.1) is 0 Å². The van der Waals surface area contributed by atoms with Crippen molar-refractivity contribution in [2.45, 2.75) is 6.42 Å². The Hall–Kier alpha value is -2.88. The van der Waals surface area contributed by atoms with Crippen molar-refractivity contribution in [1.29, 1.82) is 0 Å². The fourth-order valence-electron chi connectivity index (χ4n) is 2.61. The van der Waals surface area contributed by atoms with Gasteiger partial charge in [0.05, 0.1) is 19.3 Å². The van der Waals surface area contributed by atoms with Crippen LogP contribution in [0.5, 0.6) is 5.75 Å². The molecule has 1 aliphatic heterocycles. The second kappa shape index (κ2) is 6.48. The molecule has 0 radical (unpaired) electrons. The Labute approximate surface area is 134 Å². The zero-order valence-electron chi connectivity index (χ0n) is 12.7. The number of ketones is 1. The molecule has 1 heterocycles. The van der Waals surface area contributed by atoms with Crippen LogP contribution in [-0.2, 0) is 9.53 Å². The number of benzene rings is 2. The summed E-state index contributed by atoms with van der Waals surface area (Å²) in [6, 6.07) is 16.0. The first-order valence-corrected chi connectivity index (χ1v) is 7.35. The fourth-order valence-corrected chi connectivity index (χ4v) is 2.61. The van der Waals surface area contributed by atoms with E-state index in [1.165, 1.54) is 0 Å². The average Bonchev–Trinajstić information content (AvgIpc) is 2.62. The van der Waals surface area contributed by atoms with E-state index in [0.717, 1.165) is 0 Å². The molecule has 0 unspecified atom stereocenters. The van der Waals surface area contributed by atoms with E-state index in [0.29, 0.717) is 34.4 Å². The van der Waals surface area contributed by atoms with Crippen LogP contribution >= 0.6 is 0 Å². The van der Waals surface area contributed by atoms with E-state index in [1.54, 1.807) is 43.5 Å². The maximum absolute atomic E-state index is 12.8. The minimum atomic E-state index is -0.458. The Morgan fingerprint density at radius 2 is 1.74 bits per heavy atom. The van der Waals surface area contributed by atoms with Gasteiger partial charge in [0.15, 0.2) is 5.78 Å². The molecule has 0 spiro atoms. The Morgan fingerprint density at radius 1 is 1.04 bits per heavy atom. The number of carbonyl (C=O) groups excluding carboxylic acids is 2. The van der Waals surface area contributed by atoms with Crippen molar-refractivity contribution in [3.63, 3.8) is 0 Å². The molecule has 2 aromatic rings. The Kier molecular flexibility index (Phi) is 4.24. The predicted molar refractivity (Wildman–Crippen MR) is 86.3 cm³/mol. The van der Waals surface area contributed by atoms with E-state index < -0.39 is 5.97 Å². The lowest BCUT2D eigenvalue weighted by Gasteiger charge is -2.19. The second-order valence-corrected chi connectivity index (χ2v) is 5.16. The molecule has 0 saturated heterocycles. The van der Waals surface area contributed by atoms with Gasteiger partial charge in [0.2, 0.25) is 0 Å². The van der Waals surface area contributed by atoms with Crippen LogP contribution in [-0.4, -0.2) is 25.5 Å². The first kappa shape index (κ1) is 15.0. The summed E-state index contributed by atoms with van der Waals surface area (Å²) in [7, 11) is 1.58. The summed E-state index contributed by atoms with van der Waals surface area (Å²) >= 11 is 0. The van der Waals surface area contributed by atoms with Crippen LogP contribution in [0.3, 0.4) is 0 Å². The molecule has 1 aliphatic rings. The van der Waals surface area contributed by atoms with Crippen LogP contribution in [0.1, 0.15) is 22.3 Å². The number of Topliss-reactive ketones (excluding diaryl/α,β-unsaturated/α-hetero) is 1. The lowest BCUT2D eigenvalue weighted by atomic mass is 9.90. The molecule has 3 rings (SSSR count). The van der Waals surface area contributed by atoms with Crippen molar-refractivity contribution in [3.8, 4) is 5.75 Å². The van der Waals surface area contributed by atoms with Crippen LogP contribution in [0.4, 0.5) is 0 Å². The van der Waals surface area contributed by atoms with Crippen LogP contribution in [0.25, 0.3) is 5.57 Å². The van der Waals surface area contributed by atoms with E-state index in [1.807, 2.05) is 18.2 Å². The maximum Gasteiger partial charge on any atom is 0.339 e. The van der Waals surface area contributed by atoms with E-state index in [-0.39, 0.29) is 12.4 Å². The van der Waals surface area contributed by atoms with Gasteiger partial charge in [-0.05, 0) is 17.7 Å². The summed E-state index contributed by atoms with van der Waals surface area (Å²) in [6.07, 6.45) is 0.417. The Morgan fingerprint density at radius 3 is 2.39 bits per heavy atom. The topological polar surface area (TPSA) is 52.6 Å². The number of methoxy groups -OCH3 is 1. The van der Waals surface area contributed by atoms with Gasteiger partial charge in [-0.1, -0.05) is 42.5 Å². The molecule has 0 aliphatic carbocycles. The molecule has 2 aromatic carbocycles. The van der Waals surface area contributed by atoms with E-state index in [2.05, 4.69) is 0 Å². The molecular formula is C19H16O4. The molecule has 0 bridgehead atoms. The number of carbonyl (C=O) groups is 2. The molecule has 0 atom stereocenters. The minimum Gasteiger partial charge on any atom is -0.497 e. The summed E-state index contributed by atoms with van der Waals surface area (Å²) in [5.41, 5.74) is 2.07. The lowest BCUT2D eigenvalue weighted by Crippen LogP contribution is -2.21. The third kappa shape index (κ3) is 3.01. The van der Waals surface area contributed by atoms with Crippen LogP contribution in [0, 0.1) is 0 Å². The Bertz CT molecular complexity index is 758. The molecule has 0 saturated carbocycles. The van der Waals surface area contributed by atoms with Crippen LogP contribution in [0.2, 0.25) is 0 Å². The highest BCUT2D eigenvalue weighted by molar-refractivity contribution is 6.27. The van der Waals surface area contributed by atoms with Gasteiger partial charge in [0.1, 0.15) is 5.75 Å². The van der Waals surface area contributed by atoms with Crippen molar-refractivity contribution in [2.24, 2.45) is 0 Å². The lowest BCUT2D eigenvalue weighted by molar-refractivity contribution is -0.137. The number of esters is 1. The molecule has 0 N–H and O–H groups in total. The van der Waals surface area contributed by atoms with E-state index >= 15 is 0 Å². The van der Waals surface area contributed by atoms with Crippen molar-refractivity contribution in [1.82, 2.24) is 0 Å². The summed E-state index contributed by atoms with van der Waals surface area (Å²) in [5.74, 6) is 0.100. The number of hydrogen-bond donors (Lipinski definition) is 0. The third-order valence-corrected chi connectivity index (χ3v) is 3.78. The second-order valence-electron chi connectivity index (χ2n) is 5.16. The van der Waals surface area contributed by atoms with Crippen molar-refractivity contribution in [3.05, 3.63) is 71.3 Å². The van der Waals surface area contributed by atoms with Crippen LogP contribution < -0.4 is 4.74 Å². The zero-order chi connectivity index (χ0) is 16.2. The smallest absolute Gasteiger partial charge is 0.339 e. The monoisotopic (exact) mass is 308 g/mol. The summed E-state index contributed by atoms with van der Waals surface area (Å²) in [5, 5.41) is 0. The van der Waals surface area contributed by atoms with E-state index in [9.17, 15) is 9.59 Å². The first-order valence-electron chi connectivity index (χ1n) is 7.35.